The minimum atomic E-state index is -4.45. The zero-order valence-corrected chi connectivity index (χ0v) is 15.5. The van der Waals surface area contributed by atoms with E-state index in [-0.39, 0.29) is 12.5 Å². The van der Waals surface area contributed by atoms with Crippen molar-refractivity contribution in [3.05, 3.63) is 47.7 Å². The zero-order valence-electron chi connectivity index (χ0n) is 15.5. The van der Waals surface area contributed by atoms with Gasteiger partial charge < -0.3 is 10.4 Å². The Morgan fingerprint density at radius 1 is 1.29 bits per heavy atom. The SMILES string of the molecule is O=C(Nc1ccn(CCO)n1)C(CC1CCCC1)c1cccc(C(F)(F)F)c1. The van der Waals surface area contributed by atoms with Crippen LogP contribution in [0.25, 0.3) is 0 Å². The molecule has 1 unspecified atom stereocenters. The lowest BCUT2D eigenvalue weighted by Crippen LogP contribution is -2.24. The van der Waals surface area contributed by atoms with Gasteiger partial charge in [0, 0.05) is 12.3 Å². The molecule has 1 saturated carbocycles. The van der Waals surface area contributed by atoms with Crippen LogP contribution >= 0.6 is 0 Å². The van der Waals surface area contributed by atoms with E-state index in [1.54, 1.807) is 18.3 Å². The topological polar surface area (TPSA) is 67.2 Å². The quantitative estimate of drug-likeness (QED) is 0.739. The molecular weight excluding hydrogens is 371 g/mol. The zero-order chi connectivity index (χ0) is 20.1. The molecule has 0 aliphatic heterocycles. The largest absolute Gasteiger partial charge is 0.416 e. The molecule has 1 atom stereocenters. The van der Waals surface area contributed by atoms with E-state index in [1.165, 1.54) is 10.7 Å². The number of carbonyl (C=O) groups excluding carboxylic acids is 1. The number of rotatable bonds is 7. The number of hydrogen-bond acceptors (Lipinski definition) is 3. The number of nitrogens with one attached hydrogen (secondary N) is 1. The molecule has 28 heavy (non-hydrogen) atoms. The molecular formula is C20H24F3N3O2. The highest BCUT2D eigenvalue weighted by Gasteiger charge is 2.33. The summed E-state index contributed by atoms with van der Waals surface area (Å²) >= 11 is 0. The number of benzene rings is 1. The van der Waals surface area contributed by atoms with Crippen LogP contribution in [0.3, 0.4) is 0 Å². The third kappa shape index (κ3) is 5.13. The van der Waals surface area contributed by atoms with E-state index in [0.29, 0.717) is 30.3 Å². The summed E-state index contributed by atoms with van der Waals surface area (Å²) < 4.78 is 40.9. The number of hydrogen-bond donors (Lipinski definition) is 2. The van der Waals surface area contributed by atoms with Gasteiger partial charge in [0.2, 0.25) is 5.91 Å². The summed E-state index contributed by atoms with van der Waals surface area (Å²) in [5.41, 5.74) is -0.379. The van der Waals surface area contributed by atoms with Gasteiger partial charge in [-0.15, -0.1) is 0 Å². The first-order chi connectivity index (χ1) is 13.4. The van der Waals surface area contributed by atoms with Crippen molar-refractivity contribution < 1.29 is 23.1 Å². The second kappa shape index (κ2) is 8.77. The maximum absolute atomic E-state index is 13.1. The van der Waals surface area contributed by atoms with Crippen LogP contribution in [0.5, 0.6) is 0 Å². The number of alkyl halides is 3. The van der Waals surface area contributed by atoms with Gasteiger partial charge in [0.1, 0.15) is 0 Å². The molecule has 1 aromatic heterocycles. The van der Waals surface area contributed by atoms with Crippen molar-refractivity contribution >= 4 is 11.7 Å². The van der Waals surface area contributed by atoms with Gasteiger partial charge in [-0.3, -0.25) is 9.48 Å². The van der Waals surface area contributed by atoms with E-state index >= 15 is 0 Å². The monoisotopic (exact) mass is 395 g/mol. The van der Waals surface area contributed by atoms with E-state index in [4.69, 9.17) is 5.11 Å². The summed E-state index contributed by atoms with van der Waals surface area (Å²) in [5, 5.41) is 15.8. The Hall–Kier alpha value is -2.35. The number of nitrogens with zero attached hydrogens (tertiary/aromatic N) is 2. The van der Waals surface area contributed by atoms with Crippen LogP contribution in [-0.2, 0) is 17.5 Å². The van der Waals surface area contributed by atoms with Gasteiger partial charge in [0.05, 0.1) is 24.6 Å². The third-order valence-electron chi connectivity index (χ3n) is 5.20. The Morgan fingerprint density at radius 3 is 2.71 bits per heavy atom. The second-order valence-electron chi connectivity index (χ2n) is 7.24. The molecule has 1 aliphatic carbocycles. The summed E-state index contributed by atoms with van der Waals surface area (Å²) in [5.74, 6) is -0.382. The number of carbonyl (C=O) groups is 1. The third-order valence-corrected chi connectivity index (χ3v) is 5.20. The Balaban J connectivity index is 1.82. The van der Waals surface area contributed by atoms with Crippen molar-refractivity contribution in [1.29, 1.82) is 0 Å². The lowest BCUT2D eigenvalue weighted by atomic mass is 9.86. The van der Waals surface area contributed by atoms with Crippen molar-refractivity contribution in [1.82, 2.24) is 9.78 Å². The molecule has 2 N–H and O–H groups in total. The van der Waals surface area contributed by atoms with Crippen LogP contribution in [0.2, 0.25) is 0 Å². The molecule has 1 aliphatic rings. The molecule has 5 nitrogen and oxygen atoms in total. The van der Waals surface area contributed by atoms with Gasteiger partial charge in [0.25, 0.3) is 0 Å². The van der Waals surface area contributed by atoms with E-state index in [1.807, 2.05) is 0 Å². The molecule has 152 valence electrons. The molecule has 1 amide bonds. The molecule has 1 fully saturated rings. The Kier molecular flexibility index (Phi) is 6.39. The van der Waals surface area contributed by atoms with E-state index < -0.39 is 17.7 Å². The average molecular weight is 395 g/mol. The van der Waals surface area contributed by atoms with Crippen LogP contribution < -0.4 is 5.32 Å². The van der Waals surface area contributed by atoms with Gasteiger partial charge in [-0.25, -0.2) is 0 Å². The highest BCUT2D eigenvalue weighted by molar-refractivity contribution is 5.95. The predicted octanol–water partition coefficient (Wildman–Crippen LogP) is 4.20. The molecule has 2 aromatic rings. The van der Waals surface area contributed by atoms with E-state index in [9.17, 15) is 18.0 Å². The second-order valence-corrected chi connectivity index (χ2v) is 7.24. The molecule has 0 spiro atoms. The average Bonchev–Trinajstić information content (AvgIpc) is 3.31. The molecule has 0 saturated heterocycles. The lowest BCUT2D eigenvalue weighted by Gasteiger charge is -2.21. The van der Waals surface area contributed by atoms with Crippen molar-refractivity contribution in [3.63, 3.8) is 0 Å². The Bertz CT molecular complexity index is 798. The molecule has 8 heteroatoms. The first-order valence-electron chi connectivity index (χ1n) is 9.49. The van der Waals surface area contributed by atoms with Crippen LogP contribution in [0.15, 0.2) is 36.5 Å². The first-order valence-corrected chi connectivity index (χ1v) is 9.49. The van der Waals surface area contributed by atoms with Gasteiger partial charge in [-0.1, -0.05) is 43.9 Å². The number of aliphatic hydroxyl groups excluding tert-OH is 1. The number of aromatic nitrogens is 2. The molecule has 1 heterocycles. The van der Waals surface area contributed by atoms with Crippen molar-refractivity contribution in [2.45, 2.75) is 50.7 Å². The fourth-order valence-corrected chi connectivity index (χ4v) is 3.77. The standard InChI is InChI=1S/C20H24F3N3O2/c21-20(22,23)16-7-3-6-15(13-16)17(12-14-4-1-2-5-14)19(28)24-18-8-9-26(25-18)10-11-27/h3,6-9,13-14,17,27H,1-2,4-5,10-12H2,(H,24,25,28). The van der Waals surface area contributed by atoms with Gasteiger partial charge in [-0.05, 0) is 24.0 Å². The minimum Gasteiger partial charge on any atom is -0.394 e. The minimum absolute atomic E-state index is 0.0798. The summed E-state index contributed by atoms with van der Waals surface area (Å²) in [7, 11) is 0. The van der Waals surface area contributed by atoms with Crippen LogP contribution in [0.1, 0.15) is 49.1 Å². The van der Waals surface area contributed by atoms with Crippen LogP contribution in [-0.4, -0.2) is 27.4 Å². The van der Waals surface area contributed by atoms with Crippen molar-refractivity contribution in [2.75, 3.05) is 11.9 Å². The van der Waals surface area contributed by atoms with Crippen LogP contribution in [0, 0.1) is 5.92 Å². The van der Waals surface area contributed by atoms with E-state index in [2.05, 4.69) is 10.4 Å². The predicted molar refractivity (Wildman–Crippen MR) is 98.7 cm³/mol. The number of halogens is 3. The van der Waals surface area contributed by atoms with Crippen LogP contribution in [0.4, 0.5) is 19.0 Å². The molecule has 1 aromatic carbocycles. The Labute approximate surface area is 161 Å². The molecule has 3 rings (SSSR count). The van der Waals surface area contributed by atoms with Gasteiger partial charge >= 0.3 is 6.18 Å². The lowest BCUT2D eigenvalue weighted by molar-refractivity contribution is -0.137. The maximum atomic E-state index is 13.1. The number of anilines is 1. The van der Waals surface area contributed by atoms with Gasteiger partial charge in [0.15, 0.2) is 5.82 Å². The molecule has 0 bridgehead atoms. The van der Waals surface area contributed by atoms with Gasteiger partial charge in [-0.2, -0.15) is 18.3 Å². The first kappa shape index (κ1) is 20.4. The number of aliphatic hydroxyl groups is 1. The summed E-state index contributed by atoms with van der Waals surface area (Å²) in [6, 6.07) is 6.63. The highest BCUT2D eigenvalue weighted by atomic mass is 19.4. The van der Waals surface area contributed by atoms with Crippen molar-refractivity contribution in [2.24, 2.45) is 5.92 Å². The van der Waals surface area contributed by atoms with E-state index in [0.717, 1.165) is 37.8 Å². The fraction of sp³-hybridized carbons (Fsp3) is 0.500. The molecule has 0 radical (unpaired) electrons. The fourth-order valence-electron chi connectivity index (χ4n) is 3.77. The normalized spacial score (nSPS) is 16.3. The Morgan fingerprint density at radius 2 is 2.04 bits per heavy atom. The summed E-state index contributed by atoms with van der Waals surface area (Å²) in [6.07, 6.45) is 1.86. The highest BCUT2D eigenvalue weighted by Crippen LogP contribution is 2.37. The summed E-state index contributed by atoms with van der Waals surface area (Å²) in [4.78, 5) is 12.9. The van der Waals surface area contributed by atoms with Crippen molar-refractivity contribution in [3.8, 4) is 0 Å². The number of amides is 1. The maximum Gasteiger partial charge on any atom is 0.416 e. The summed E-state index contributed by atoms with van der Waals surface area (Å²) in [6.45, 7) is 0.221. The smallest absolute Gasteiger partial charge is 0.394 e.